The van der Waals surface area contributed by atoms with Crippen molar-refractivity contribution in [2.45, 2.75) is 63.3 Å². The van der Waals surface area contributed by atoms with Gasteiger partial charge in [-0.05, 0) is 110 Å². The fraction of sp³-hybridized carbons (Fsp3) is 0.519. The van der Waals surface area contributed by atoms with Gasteiger partial charge in [0.2, 0.25) is 15.9 Å². The molecule has 1 atom stereocenters. The van der Waals surface area contributed by atoms with E-state index >= 15 is 0 Å². The summed E-state index contributed by atoms with van der Waals surface area (Å²) < 4.78 is 39.6. The van der Waals surface area contributed by atoms with Gasteiger partial charge in [0, 0.05) is 5.69 Å². The number of nitrogens with one attached hydrogen (secondary N) is 1. The highest BCUT2D eigenvalue weighted by atomic mass is 32.2. The molecule has 2 aromatic rings. The topological polar surface area (TPSA) is 66.5 Å². The second-order valence-corrected chi connectivity index (χ2v) is 12.6. The Kier molecular flexibility index (Phi) is 5.95. The van der Waals surface area contributed by atoms with Crippen molar-refractivity contribution in [2.75, 3.05) is 15.9 Å². The van der Waals surface area contributed by atoms with Crippen LogP contribution in [0.25, 0.3) is 0 Å². The molecule has 0 saturated heterocycles. The van der Waals surface area contributed by atoms with Crippen LogP contribution in [0.15, 0.2) is 48.5 Å². The molecule has 2 aromatic carbocycles. The first-order valence-corrected chi connectivity index (χ1v) is 14.2. The fourth-order valence-corrected chi connectivity index (χ4v) is 8.46. The van der Waals surface area contributed by atoms with Crippen LogP contribution >= 0.6 is 0 Å². The Morgan fingerprint density at radius 3 is 2.00 bits per heavy atom. The Morgan fingerprint density at radius 2 is 1.53 bits per heavy atom. The number of sulfonamides is 1. The predicted molar refractivity (Wildman–Crippen MR) is 133 cm³/mol. The molecule has 34 heavy (non-hydrogen) atoms. The normalized spacial score (nSPS) is 28.5. The Morgan fingerprint density at radius 1 is 1.00 bits per heavy atom. The predicted octanol–water partition coefficient (Wildman–Crippen LogP) is 5.48. The van der Waals surface area contributed by atoms with Crippen molar-refractivity contribution in [3.63, 3.8) is 0 Å². The molecule has 0 unspecified atom stereocenters. The van der Waals surface area contributed by atoms with E-state index in [9.17, 15) is 17.6 Å². The number of anilines is 2. The molecule has 4 fully saturated rings. The summed E-state index contributed by atoms with van der Waals surface area (Å²) in [6, 6.07) is 12.4. The van der Waals surface area contributed by atoms with Crippen LogP contribution in [0.1, 0.15) is 57.4 Å². The van der Waals surface area contributed by atoms with Gasteiger partial charge < -0.3 is 5.32 Å². The number of benzene rings is 2. The molecule has 1 amide bonds. The van der Waals surface area contributed by atoms with Gasteiger partial charge in [-0.1, -0.05) is 19.1 Å². The molecule has 4 aliphatic carbocycles. The lowest BCUT2D eigenvalue weighted by Gasteiger charge is -2.57. The second-order valence-electron chi connectivity index (χ2n) is 10.7. The smallest absolute Gasteiger partial charge is 0.248 e. The monoisotopic (exact) mass is 484 g/mol. The number of amides is 1. The Bertz CT molecular complexity index is 1130. The second kappa shape index (κ2) is 8.67. The largest absolute Gasteiger partial charge is 0.324 e. The maximum atomic E-state index is 13.4. The van der Waals surface area contributed by atoms with Gasteiger partial charge in [-0.2, -0.15) is 0 Å². The van der Waals surface area contributed by atoms with E-state index in [1.165, 1.54) is 68.4 Å². The molecular formula is C27H33FN2O3S. The van der Waals surface area contributed by atoms with Gasteiger partial charge in [-0.15, -0.1) is 0 Å². The SMILES string of the molecule is CC[C@H](C(=O)Nc1ccc(C23CC4CC(CC(C4)C2)C3)cc1)N(c1ccc(F)cc1)S(C)(=O)=O. The quantitative estimate of drug-likeness (QED) is 0.566. The van der Waals surface area contributed by atoms with Crippen LogP contribution < -0.4 is 9.62 Å². The van der Waals surface area contributed by atoms with E-state index in [0.717, 1.165) is 28.3 Å². The van der Waals surface area contributed by atoms with Crippen LogP contribution in [0, 0.1) is 23.6 Å². The van der Waals surface area contributed by atoms with Gasteiger partial charge in [-0.3, -0.25) is 9.10 Å². The number of hydrogen-bond acceptors (Lipinski definition) is 3. The van der Waals surface area contributed by atoms with Crippen LogP contribution in [0.5, 0.6) is 0 Å². The van der Waals surface area contributed by atoms with Gasteiger partial charge in [0.05, 0.1) is 11.9 Å². The highest BCUT2D eigenvalue weighted by molar-refractivity contribution is 7.92. The number of halogens is 1. The third-order valence-electron chi connectivity index (χ3n) is 8.21. The molecule has 4 bridgehead atoms. The summed E-state index contributed by atoms with van der Waals surface area (Å²) in [5, 5.41) is 2.91. The summed E-state index contributed by atoms with van der Waals surface area (Å²) >= 11 is 0. The van der Waals surface area contributed by atoms with Gasteiger partial charge in [-0.25, -0.2) is 12.8 Å². The number of nitrogens with zero attached hydrogens (tertiary/aromatic N) is 1. The Balaban J connectivity index is 1.34. The third kappa shape index (κ3) is 4.35. The average molecular weight is 485 g/mol. The molecule has 4 aliphatic rings. The minimum Gasteiger partial charge on any atom is -0.324 e. The zero-order valence-electron chi connectivity index (χ0n) is 19.8. The zero-order valence-corrected chi connectivity index (χ0v) is 20.7. The molecule has 0 aromatic heterocycles. The number of hydrogen-bond donors (Lipinski definition) is 1. The van der Waals surface area contributed by atoms with Crippen molar-refractivity contribution in [3.05, 3.63) is 59.9 Å². The molecule has 1 N–H and O–H groups in total. The summed E-state index contributed by atoms with van der Waals surface area (Å²) in [6.45, 7) is 1.77. The van der Waals surface area contributed by atoms with Crippen LogP contribution in [0.3, 0.4) is 0 Å². The summed E-state index contributed by atoms with van der Waals surface area (Å²) in [5.41, 5.74) is 2.59. The molecular weight excluding hydrogens is 451 g/mol. The van der Waals surface area contributed by atoms with E-state index in [-0.39, 0.29) is 12.1 Å². The summed E-state index contributed by atoms with van der Waals surface area (Å²) in [7, 11) is -3.76. The van der Waals surface area contributed by atoms with Crippen LogP contribution in [-0.2, 0) is 20.2 Å². The van der Waals surface area contributed by atoms with Crippen molar-refractivity contribution in [3.8, 4) is 0 Å². The summed E-state index contributed by atoms with van der Waals surface area (Å²) in [6.07, 6.45) is 9.38. The van der Waals surface area contributed by atoms with E-state index in [1.54, 1.807) is 6.92 Å². The van der Waals surface area contributed by atoms with Crippen LogP contribution in [-0.4, -0.2) is 26.6 Å². The van der Waals surface area contributed by atoms with E-state index in [1.807, 2.05) is 12.1 Å². The molecule has 6 rings (SSSR count). The molecule has 0 spiro atoms. The summed E-state index contributed by atoms with van der Waals surface area (Å²) in [5.74, 6) is 1.73. The molecule has 4 saturated carbocycles. The molecule has 0 aliphatic heterocycles. The number of carbonyl (C=O) groups excluding carboxylic acids is 1. The average Bonchev–Trinajstić information content (AvgIpc) is 2.77. The van der Waals surface area contributed by atoms with Gasteiger partial charge in [0.25, 0.3) is 0 Å². The molecule has 0 radical (unpaired) electrons. The lowest BCUT2D eigenvalue weighted by atomic mass is 9.48. The lowest BCUT2D eigenvalue weighted by molar-refractivity contribution is -0.117. The maximum absolute atomic E-state index is 13.4. The first kappa shape index (κ1) is 23.3. The fourth-order valence-electron chi connectivity index (χ4n) is 7.25. The standard InChI is InChI=1S/C27H33FN2O3S/c1-3-25(30(34(2,32)33)24-10-6-22(28)7-11-24)26(31)29-23-8-4-21(5-9-23)27-15-18-12-19(16-27)14-20(13-18)17-27/h4-11,18-20,25H,3,12-17H2,1-2H3,(H,29,31)/t18?,19?,20?,25-,27?/m1/s1. The highest BCUT2D eigenvalue weighted by Crippen LogP contribution is 2.60. The van der Waals surface area contributed by atoms with E-state index in [0.29, 0.717) is 11.1 Å². The van der Waals surface area contributed by atoms with Crippen LogP contribution in [0.2, 0.25) is 0 Å². The third-order valence-corrected chi connectivity index (χ3v) is 9.39. The van der Waals surface area contributed by atoms with E-state index in [2.05, 4.69) is 17.4 Å². The van der Waals surface area contributed by atoms with Crippen molar-refractivity contribution in [1.29, 1.82) is 0 Å². The van der Waals surface area contributed by atoms with Crippen molar-refractivity contribution >= 4 is 27.3 Å². The van der Waals surface area contributed by atoms with Crippen molar-refractivity contribution in [2.24, 2.45) is 17.8 Å². The van der Waals surface area contributed by atoms with Gasteiger partial charge in [0.1, 0.15) is 11.9 Å². The van der Waals surface area contributed by atoms with Crippen molar-refractivity contribution in [1.82, 2.24) is 0 Å². The minimum atomic E-state index is -3.76. The first-order chi connectivity index (χ1) is 16.2. The molecule has 182 valence electrons. The molecule has 0 heterocycles. The Labute approximate surface area is 201 Å². The van der Waals surface area contributed by atoms with Gasteiger partial charge in [0.15, 0.2) is 0 Å². The van der Waals surface area contributed by atoms with Crippen LogP contribution in [0.4, 0.5) is 15.8 Å². The van der Waals surface area contributed by atoms with E-state index in [4.69, 9.17) is 0 Å². The van der Waals surface area contributed by atoms with Crippen molar-refractivity contribution < 1.29 is 17.6 Å². The zero-order chi connectivity index (χ0) is 24.1. The van der Waals surface area contributed by atoms with Gasteiger partial charge >= 0.3 is 0 Å². The number of carbonyl (C=O) groups is 1. The maximum Gasteiger partial charge on any atom is 0.248 e. The Hall–Kier alpha value is -2.41. The first-order valence-electron chi connectivity index (χ1n) is 12.3. The summed E-state index contributed by atoms with van der Waals surface area (Å²) in [4.78, 5) is 13.2. The minimum absolute atomic E-state index is 0.267. The van der Waals surface area contributed by atoms with E-state index < -0.39 is 27.8 Å². The lowest BCUT2D eigenvalue weighted by Crippen LogP contribution is -2.48. The number of rotatable bonds is 7. The highest BCUT2D eigenvalue weighted by Gasteiger charge is 2.51. The molecule has 5 nitrogen and oxygen atoms in total. The molecule has 7 heteroatoms.